The summed E-state index contributed by atoms with van der Waals surface area (Å²) in [6.07, 6.45) is 8.39. The highest BCUT2D eigenvalue weighted by molar-refractivity contribution is 6.85. The fourth-order valence-electron chi connectivity index (χ4n) is 1.91. The molecule has 0 unspecified atom stereocenters. The van der Waals surface area contributed by atoms with Gasteiger partial charge >= 0.3 is 0 Å². The maximum atomic E-state index is 3.54. The minimum absolute atomic E-state index is 0.929. The molecule has 1 aliphatic rings. The highest BCUT2D eigenvalue weighted by Crippen LogP contribution is 2.25. The molecule has 1 heteroatoms. The van der Waals surface area contributed by atoms with E-state index in [4.69, 9.17) is 0 Å². The van der Waals surface area contributed by atoms with Crippen LogP contribution in [0.4, 0.5) is 0 Å². The molecule has 1 aliphatic carbocycles. The highest BCUT2D eigenvalue weighted by Gasteiger charge is 2.15. The Morgan fingerprint density at radius 1 is 1.14 bits per heavy atom. The first-order valence-electron chi connectivity index (χ1n) is 6.14. The van der Waals surface area contributed by atoms with Crippen molar-refractivity contribution in [3.63, 3.8) is 0 Å². The summed E-state index contributed by atoms with van der Waals surface area (Å²) in [5, 5.41) is 0. The van der Waals surface area contributed by atoms with Gasteiger partial charge in [0.1, 0.15) is 8.07 Å². The predicted molar refractivity (Wildman–Crippen MR) is 66.9 cm³/mol. The molecule has 0 aliphatic heterocycles. The molecule has 0 radical (unpaired) electrons. The Labute approximate surface area is 90.5 Å². The average Bonchev–Trinajstić information content (AvgIpc) is 2.19. The van der Waals surface area contributed by atoms with Crippen molar-refractivity contribution in [2.45, 2.75) is 64.6 Å². The molecule has 1 saturated carbocycles. The van der Waals surface area contributed by atoms with Gasteiger partial charge in [-0.05, 0) is 24.8 Å². The monoisotopic (exact) mass is 208 g/mol. The van der Waals surface area contributed by atoms with Crippen LogP contribution in [0.15, 0.2) is 0 Å². The minimum atomic E-state index is -1.12. The van der Waals surface area contributed by atoms with Crippen molar-refractivity contribution in [3.8, 4) is 11.5 Å². The summed E-state index contributed by atoms with van der Waals surface area (Å²) in [5.74, 6) is 4.39. The third-order valence-corrected chi connectivity index (χ3v) is 6.05. The second kappa shape index (κ2) is 5.61. The molecule has 0 nitrogen and oxygen atoms in total. The van der Waals surface area contributed by atoms with E-state index in [1.807, 2.05) is 0 Å². The number of hydrogen-bond donors (Lipinski definition) is 0. The van der Waals surface area contributed by atoms with Crippen LogP contribution in [0, 0.1) is 17.4 Å². The van der Waals surface area contributed by atoms with Crippen LogP contribution in [0.5, 0.6) is 0 Å². The first-order chi connectivity index (χ1) is 6.64. The second-order valence-electron chi connectivity index (χ2n) is 5.25. The Morgan fingerprint density at radius 2 is 1.79 bits per heavy atom. The van der Waals surface area contributed by atoms with Crippen LogP contribution in [0.1, 0.15) is 45.4 Å². The lowest BCUT2D eigenvalue weighted by atomic mass is 9.87. The van der Waals surface area contributed by atoms with Crippen LogP contribution in [0.25, 0.3) is 0 Å². The molecule has 14 heavy (non-hydrogen) atoms. The molecule has 1 rings (SSSR count). The van der Waals surface area contributed by atoms with Crippen molar-refractivity contribution in [3.05, 3.63) is 0 Å². The zero-order chi connectivity index (χ0) is 10.4. The lowest BCUT2D eigenvalue weighted by Gasteiger charge is -2.19. The summed E-state index contributed by atoms with van der Waals surface area (Å²) >= 11 is 0. The molecule has 0 heterocycles. The van der Waals surface area contributed by atoms with Crippen molar-refractivity contribution >= 4 is 8.07 Å². The van der Waals surface area contributed by atoms with Gasteiger partial charge in [0.05, 0.1) is 0 Å². The normalized spacial score (nSPS) is 18.8. The molecule has 0 atom stereocenters. The van der Waals surface area contributed by atoms with E-state index in [0.29, 0.717) is 0 Å². The standard InChI is InChI=1S/C13H24Si/c1-4-14(2,3)12-8-11-13-9-6-5-7-10-13/h13H,4-7,9-11H2,1-3H3. The third kappa shape index (κ3) is 4.33. The third-order valence-electron chi connectivity index (χ3n) is 3.43. The molecule has 0 amide bonds. The van der Waals surface area contributed by atoms with Crippen LogP contribution in [0.2, 0.25) is 19.1 Å². The van der Waals surface area contributed by atoms with Crippen LogP contribution in [0.3, 0.4) is 0 Å². The second-order valence-corrected chi connectivity index (χ2v) is 9.97. The molecule has 0 N–H and O–H groups in total. The zero-order valence-electron chi connectivity index (χ0n) is 10.0. The Balaban J connectivity index is 2.30. The first-order valence-corrected chi connectivity index (χ1v) is 9.35. The first kappa shape index (κ1) is 11.8. The van der Waals surface area contributed by atoms with Crippen molar-refractivity contribution in [2.24, 2.45) is 5.92 Å². The van der Waals surface area contributed by atoms with E-state index in [1.165, 1.54) is 44.6 Å². The smallest absolute Gasteiger partial charge is 0.132 e. The molecule has 0 aromatic heterocycles. The van der Waals surface area contributed by atoms with Crippen LogP contribution in [-0.4, -0.2) is 8.07 Å². The number of rotatable bonds is 2. The summed E-state index contributed by atoms with van der Waals surface area (Å²) in [7, 11) is -1.12. The summed E-state index contributed by atoms with van der Waals surface area (Å²) in [6, 6.07) is 1.30. The Bertz CT molecular complexity index is 213. The van der Waals surface area contributed by atoms with Gasteiger partial charge in [-0.3, -0.25) is 0 Å². The van der Waals surface area contributed by atoms with Crippen molar-refractivity contribution in [2.75, 3.05) is 0 Å². The molecule has 1 fully saturated rings. The van der Waals surface area contributed by atoms with Crippen LogP contribution >= 0.6 is 0 Å². The average molecular weight is 208 g/mol. The molecule has 0 aromatic rings. The van der Waals surface area contributed by atoms with Crippen LogP contribution in [-0.2, 0) is 0 Å². The molecule has 80 valence electrons. The molecule has 0 bridgehead atoms. The van der Waals surface area contributed by atoms with Crippen molar-refractivity contribution < 1.29 is 0 Å². The SMILES string of the molecule is CC[Si](C)(C)C#CCC1CCCCC1. The molecule has 0 saturated heterocycles. The van der Waals surface area contributed by atoms with E-state index < -0.39 is 8.07 Å². The van der Waals surface area contributed by atoms with Gasteiger partial charge in [-0.15, -0.1) is 11.5 Å². The quantitative estimate of drug-likeness (QED) is 0.471. The van der Waals surface area contributed by atoms with E-state index in [1.54, 1.807) is 0 Å². The molecular weight excluding hydrogens is 184 g/mol. The summed E-state index contributed by atoms with van der Waals surface area (Å²) in [5.41, 5.74) is 3.54. The van der Waals surface area contributed by atoms with Gasteiger partial charge in [-0.1, -0.05) is 39.3 Å². The highest BCUT2D eigenvalue weighted by atomic mass is 28.3. The minimum Gasteiger partial charge on any atom is -0.132 e. The van der Waals surface area contributed by atoms with E-state index >= 15 is 0 Å². The Morgan fingerprint density at radius 3 is 2.36 bits per heavy atom. The van der Waals surface area contributed by atoms with Gasteiger partial charge in [-0.2, -0.15) is 0 Å². The summed E-state index contributed by atoms with van der Waals surface area (Å²) in [6.45, 7) is 7.03. The zero-order valence-corrected chi connectivity index (χ0v) is 11.0. The molecular formula is C13H24Si. The summed E-state index contributed by atoms with van der Waals surface area (Å²) in [4.78, 5) is 0. The van der Waals surface area contributed by atoms with Gasteiger partial charge < -0.3 is 0 Å². The largest absolute Gasteiger partial charge is 0.132 e. The lowest BCUT2D eigenvalue weighted by molar-refractivity contribution is 0.365. The fraction of sp³-hybridized carbons (Fsp3) is 0.846. The van der Waals surface area contributed by atoms with Gasteiger partial charge in [0.15, 0.2) is 0 Å². The maximum absolute atomic E-state index is 3.54. The maximum Gasteiger partial charge on any atom is 0.132 e. The molecule has 0 spiro atoms. The van der Waals surface area contributed by atoms with E-state index in [-0.39, 0.29) is 0 Å². The Kier molecular flexibility index (Phi) is 4.75. The van der Waals surface area contributed by atoms with E-state index in [0.717, 1.165) is 5.92 Å². The summed E-state index contributed by atoms with van der Waals surface area (Å²) < 4.78 is 0. The Hall–Kier alpha value is -0.223. The van der Waals surface area contributed by atoms with Gasteiger partial charge in [0.2, 0.25) is 0 Å². The lowest BCUT2D eigenvalue weighted by Crippen LogP contribution is -2.21. The van der Waals surface area contributed by atoms with E-state index in [2.05, 4.69) is 31.5 Å². The number of hydrogen-bond acceptors (Lipinski definition) is 0. The van der Waals surface area contributed by atoms with Crippen molar-refractivity contribution in [1.82, 2.24) is 0 Å². The topological polar surface area (TPSA) is 0 Å². The van der Waals surface area contributed by atoms with Gasteiger partial charge in [-0.25, -0.2) is 0 Å². The molecule has 0 aromatic carbocycles. The van der Waals surface area contributed by atoms with Gasteiger partial charge in [0.25, 0.3) is 0 Å². The van der Waals surface area contributed by atoms with E-state index in [9.17, 15) is 0 Å². The van der Waals surface area contributed by atoms with Crippen molar-refractivity contribution in [1.29, 1.82) is 0 Å². The fourth-order valence-corrected chi connectivity index (χ4v) is 2.67. The van der Waals surface area contributed by atoms with Crippen LogP contribution < -0.4 is 0 Å². The van der Waals surface area contributed by atoms with Gasteiger partial charge in [0, 0.05) is 6.42 Å². The predicted octanol–water partition coefficient (Wildman–Crippen LogP) is 4.23.